The minimum Gasteiger partial charge on any atom is -0.364 e. The SMILES string of the molecule is Cc1cc(Br)cc(C)c1N1C2CCC1CC(=O)C2. The maximum Gasteiger partial charge on any atom is 0.137 e. The summed E-state index contributed by atoms with van der Waals surface area (Å²) in [6.45, 7) is 4.34. The number of piperidine rings is 1. The Morgan fingerprint density at radius 2 is 1.61 bits per heavy atom. The van der Waals surface area contributed by atoms with Crippen LogP contribution in [-0.2, 0) is 4.79 Å². The van der Waals surface area contributed by atoms with E-state index in [2.05, 4.69) is 46.8 Å². The van der Waals surface area contributed by atoms with E-state index >= 15 is 0 Å². The Bertz CT molecular complexity index is 472. The molecule has 2 nitrogen and oxygen atoms in total. The molecule has 0 spiro atoms. The molecule has 96 valence electrons. The predicted molar refractivity (Wildman–Crippen MR) is 77.1 cm³/mol. The van der Waals surface area contributed by atoms with Gasteiger partial charge in [0, 0.05) is 35.1 Å². The average molecular weight is 308 g/mol. The third-order valence-corrected chi connectivity index (χ3v) is 4.72. The summed E-state index contributed by atoms with van der Waals surface area (Å²) in [4.78, 5) is 14.2. The lowest BCUT2D eigenvalue weighted by Gasteiger charge is -2.38. The molecular weight excluding hydrogens is 290 g/mol. The fraction of sp³-hybridized carbons (Fsp3) is 0.533. The Kier molecular flexibility index (Phi) is 2.97. The molecule has 18 heavy (non-hydrogen) atoms. The smallest absolute Gasteiger partial charge is 0.137 e. The number of carbonyl (C=O) groups is 1. The molecule has 0 N–H and O–H groups in total. The number of aryl methyl sites for hydroxylation is 2. The lowest BCUT2D eigenvalue weighted by Crippen LogP contribution is -2.44. The van der Waals surface area contributed by atoms with Crippen LogP contribution in [0.1, 0.15) is 36.8 Å². The van der Waals surface area contributed by atoms with E-state index in [4.69, 9.17) is 0 Å². The first kappa shape index (κ1) is 12.2. The van der Waals surface area contributed by atoms with E-state index in [1.165, 1.54) is 29.7 Å². The van der Waals surface area contributed by atoms with E-state index in [0.717, 1.165) is 17.3 Å². The normalized spacial score (nSPS) is 26.8. The van der Waals surface area contributed by atoms with Gasteiger partial charge in [-0.25, -0.2) is 0 Å². The first-order chi connectivity index (χ1) is 8.56. The maximum absolute atomic E-state index is 11.7. The molecule has 2 heterocycles. The molecule has 2 saturated heterocycles. The highest BCUT2D eigenvalue weighted by molar-refractivity contribution is 9.10. The monoisotopic (exact) mass is 307 g/mol. The molecular formula is C15H18BrNO. The van der Waals surface area contributed by atoms with Crippen LogP contribution in [0.15, 0.2) is 16.6 Å². The van der Waals surface area contributed by atoms with Crippen molar-refractivity contribution in [1.82, 2.24) is 0 Å². The molecule has 2 unspecified atom stereocenters. The molecule has 0 amide bonds. The van der Waals surface area contributed by atoms with E-state index in [1.807, 2.05) is 0 Å². The summed E-state index contributed by atoms with van der Waals surface area (Å²) in [6, 6.07) is 5.24. The van der Waals surface area contributed by atoms with Crippen LogP contribution >= 0.6 is 15.9 Å². The molecule has 1 aromatic rings. The van der Waals surface area contributed by atoms with Gasteiger partial charge < -0.3 is 4.90 Å². The molecule has 0 aliphatic carbocycles. The number of hydrogen-bond donors (Lipinski definition) is 0. The van der Waals surface area contributed by atoms with E-state index < -0.39 is 0 Å². The van der Waals surface area contributed by atoms with Crippen molar-refractivity contribution in [2.75, 3.05) is 4.90 Å². The predicted octanol–water partition coefficient (Wildman–Crippen LogP) is 3.77. The maximum atomic E-state index is 11.7. The summed E-state index contributed by atoms with van der Waals surface area (Å²) in [5, 5.41) is 0. The zero-order valence-electron chi connectivity index (χ0n) is 10.9. The van der Waals surface area contributed by atoms with E-state index in [1.54, 1.807) is 0 Å². The second-order valence-electron chi connectivity index (χ2n) is 5.63. The van der Waals surface area contributed by atoms with Gasteiger partial charge in [0.1, 0.15) is 5.78 Å². The third-order valence-electron chi connectivity index (χ3n) is 4.26. The highest BCUT2D eigenvalue weighted by Crippen LogP contribution is 2.41. The number of Topliss-reactive ketones (excluding diaryl/α,β-unsaturated/α-hetero) is 1. The van der Waals surface area contributed by atoms with E-state index in [-0.39, 0.29) is 0 Å². The highest BCUT2D eigenvalue weighted by Gasteiger charge is 2.41. The number of carbonyl (C=O) groups excluding carboxylic acids is 1. The Labute approximate surface area is 116 Å². The molecule has 3 rings (SSSR count). The van der Waals surface area contributed by atoms with Crippen molar-refractivity contribution in [2.45, 2.75) is 51.6 Å². The summed E-state index contributed by atoms with van der Waals surface area (Å²) < 4.78 is 1.14. The number of fused-ring (bicyclic) bond motifs is 2. The molecule has 1 aromatic carbocycles. The standard InChI is InChI=1S/C15H18BrNO/c1-9-5-11(16)6-10(2)15(9)17-12-3-4-13(17)8-14(18)7-12/h5-6,12-13H,3-4,7-8H2,1-2H3. The first-order valence-electron chi connectivity index (χ1n) is 6.63. The Hall–Kier alpha value is -0.830. The van der Waals surface area contributed by atoms with Crippen molar-refractivity contribution in [3.63, 3.8) is 0 Å². The molecule has 0 saturated carbocycles. The van der Waals surface area contributed by atoms with Crippen molar-refractivity contribution in [1.29, 1.82) is 0 Å². The van der Waals surface area contributed by atoms with Gasteiger partial charge in [-0.3, -0.25) is 4.79 Å². The van der Waals surface area contributed by atoms with Gasteiger partial charge in [-0.05, 0) is 49.9 Å². The van der Waals surface area contributed by atoms with Crippen LogP contribution in [0.5, 0.6) is 0 Å². The second-order valence-corrected chi connectivity index (χ2v) is 6.54. The second kappa shape index (κ2) is 4.37. The van der Waals surface area contributed by atoms with Crippen LogP contribution in [0.3, 0.4) is 0 Å². The Morgan fingerprint density at radius 3 is 2.11 bits per heavy atom. The Balaban J connectivity index is 2.04. The van der Waals surface area contributed by atoms with Gasteiger partial charge in [0.25, 0.3) is 0 Å². The molecule has 2 bridgehead atoms. The van der Waals surface area contributed by atoms with Gasteiger partial charge in [-0.2, -0.15) is 0 Å². The van der Waals surface area contributed by atoms with Crippen LogP contribution < -0.4 is 4.90 Å². The van der Waals surface area contributed by atoms with Gasteiger partial charge in [-0.1, -0.05) is 15.9 Å². The van der Waals surface area contributed by atoms with Crippen molar-refractivity contribution < 1.29 is 4.79 Å². The van der Waals surface area contributed by atoms with E-state index in [9.17, 15) is 4.79 Å². The van der Waals surface area contributed by atoms with E-state index in [0.29, 0.717) is 17.9 Å². The number of anilines is 1. The summed E-state index contributed by atoms with van der Waals surface area (Å²) in [6.07, 6.45) is 3.83. The summed E-state index contributed by atoms with van der Waals surface area (Å²) in [7, 11) is 0. The molecule has 2 aliphatic rings. The average Bonchev–Trinajstić information content (AvgIpc) is 2.53. The molecule has 2 aliphatic heterocycles. The minimum atomic E-state index is 0.440. The number of halogens is 1. The summed E-state index contributed by atoms with van der Waals surface area (Å²) in [5.74, 6) is 0.450. The zero-order valence-corrected chi connectivity index (χ0v) is 12.5. The molecule has 3 heteroatoms. The lowest BCUT2D eigenvalue weighted by molar-refractivity contribution is -0.120. The van der Waals surface area contributed by atoms with Crippen LogP contribution in [0, 0.1) is 13.8 Å². The van der Waals surface area contributed by atoms with Crippen molar-refractivity contribution in [3.8, 4) is 0 Å². The third kappa shape index (κ3) is 1.89. The summed E-state index contributed by atoms with van der Waals surface area (Å²) in [5.41, 5.74) is 3.99. The van der Waals surface area contributed by atoms with Crippen molar-refractivity contribution >= 4 is 27.4 Å². The molecule has 0 aromatic heterocycles. The minimum absolute atomic E-state index is 0.440. The molecule has 0 radical (unpaired) electrons. The van der Waals surface area contributed by atoms with Gasteiger partial charge >= 0.3 is 0 Å². The van der Waals surface area contributed by atoms with Gasteiger partial charge in [-0.15, -0.1) is 0 Å². The first-order valence-corrected chi connectivity index (χ1v) is 7.42. The van der Waals surface area contributed by atoms with Gasteiger partial charge in [0.15, 0.2) is 0 Å². The fourth-order valence-corrected chi connectivity index (χ4v) is 4.33. The lowest BCUT2D eigenvalue weighted by atomic mass is 9.97. The van der Waals surface area contributed by atoms with Crippen LogP contribution in [0.2, 0.25) is 0 Å². The number of rotatable bonds is 1. The quantitative estimate of drug-likeness (QED) is 0.787. The number of nitrogens with zero attached hydrogens (tertiary/aromatic N) is 1. The zero-order chi connectivity index (χ0) is 12.9. The molecule has 2 atom stereocenters. The van der Waals surface area contributed by atoms with Crippen LogP contribution in [-0.4, -0.2) is 17.9 Å². The topological polar surface area (TPSA) is 20.3 Å². The fourth-order valence-electron chi connectivity index (χ4n) is 3.65. The van der Waals surface area contributed by atoms with Gasteiger partial charge in [0.05, 0.1) is 0 Å². The number of hydrogen-bond acceptors (Lipinski definition) is 2. The largest absolute Gasteiger partial charge is 0.364 e. The van der Waals surface area contributed by atoms with Crippen LogP contribution in [0.25, 0.3) is 0 Å². The highest BCUT2D eigenvalue weighted by atomic mass is 79.9. The van der Waals surface area contributed by atoms with Crippen LogP contribution in [0.4, 0.5) is 5.69 Å². The van der Waals surface area contributed by atoms with Crippen molar-refractivity contribution in [3.05, 3.63) is 27.7 Å². The molecule has 2 fully saturated rings. The van der Waals surface area contributed by atoms with Gasteiger partial charge in [0.2, 0.25) is 0 Å². The Morgan fingerprint density at radius 1 is 1.11 bits per heavy atom. The van der Waals surface area contributed by atoms with Crippen molar-refractivity contribution in [2.24, 2.45) is 0 Å². The number of ketones is 1. The summed E-state index contributed by atoms with van der Waals surface area (Å²) >= 11 is 3.55. The number of benzene rings is 1.